The summed E-state index contributed by atoms with van der Waals surface area (Å²) < 4.78 is 0. The molecule has 0 radical (unpaired) electrons. The molecule has 0 aliphatic carbocycles. The fourth-order valence-electron chi connectivity index (χ4n) is 3.02. The molecular weight excluding hydrogens is 368 g/mol. The van der Waals surface area contributed by atoms with Crippen LogP contribution in [0.2, 0.25) is 0 Å². The molecule has 0 aliphatic rings. The Bertz CT molecular complexity index is 1030. The molecule has 6 heteroatoms. The first-order valence-corrected chi connectivity index (χ1v) is 9.31. The van der Waals surface area contributed by atoms with Gasteiger partial charge in [-0.05, 0) is 35.4 Å². The number of nitrogens with one attached hydrogen (secondary N) is 2. The monoisotopic (exact) mass is 390 g/mol. The second kappa shape index (κ2) is 9.01. The van der Waals surface area contributed by atoms with E-state index in [4.69, 9.17) is 5.11 Å². The summed E-state index contributed by atoms with van der Waals surface area (Å²) in [4.78, 5) is 36.4. The first-order valence-electron chi connectivity index (χ1n) is 9.31. The number of carboxylic acid groups (broad SMARTS) is 1. The van der Waals surface area contributed by atoms with Gasteiger partial charge in [0.1, 0.15) is 12.1 Å². The van der Waals surface area contributed by atoms with Crippen molar-refractivity contribution in [1.82, 2.24) is 10.6 Å². The number of carboxylic acids is 1. The Morgan fingerprint density at radius 2 is 1.52 bits per heavy atom. The minimum atomic E-state index is -1.14. The lowest BCUT2D eigenvalue weighted by atomic mass is 10.0. The zero-order valence-corrected chi connectivity index (χ0v) is 16.0. The van der Waals surface area contributed by atoms with Gasteiger partial charge in [-0.2, -0.15) is 0 Å². The van der Waals surface area contributed by atoms with Gasteiger partial charge < -0.3 is 15.7 Å². The maximum absolute atomic E-state index is 12.7. The third-order valence-corrected chi connectivity index (χ3v) is 4.64. The molecular formula is C23H22N2O4. The fourth-order valence-corrected chi connectivity index (χ4v) is 3.02. The highest BCUT2D eigenvalue weighted by atomic mass is 16.4. The largest absolute Gasteiger partial charge is 0.480 e. The van der Waals surface area contributed by atoms with Gasteiger partial charge >= 0.3 is 5.97 Å². The number of amides is 2. The van der Waals surface area contributed by atoms with Crippen molar-refractivity contribution in [3.8, 4) is 0 Å². The third kappa shape index (κ3) is 5.19. The third-order valence-electron chi connectivity index (χ3n) is 4.64. The van der Waals surface area contributed by atoms with Crippen molar-refractivity contribution in [2.45, 2.75) is 25.4 Å². The van der Waals surface area contributed by atoms with E-state index in [2.05, 4.69) is 10.6 Å². The second-order valence-electron chi connectivity index (χ2n) is 6.85. The van der Waals surface area contributed by atoms with Crippen molar-refractivity contribution in [3.05, 3.63) is 83.9 Å². The molecule has 0 aliphatic heterocycles. The van der Waals surface area contributed by atoms with Crippen LogP contribution in [0.4, 0.5) is 0 Å². The van der Waals surface area contributed by atoms with Crippen LogP contribution in [-0.2, 0) is 16.0 Å². The molecule has 3 aromatic rings. The standard InChI is InChI=1S/C23H22N2O4/c1-15(23(28)29)24-22(27)20(25-21(26)18-8-3-2-4-9-18)14-16-11-12-17-7-5-6-10-19(17)13-16/h2-13,15,20H,14H2,1H3,(H,24,27)(H,25,26)(H,28,29). The Kier molecular flexibility index (Phi) is 6.24. The summed E-state index contributed by atoms with van der Waals surface area (Å²) in [6.07, 6.45) is 0.238. The highest BCUT2D eigenvalue weighted by molar-refractivity contribution is 5.98. The number of carbonyl (C=O) groups excluding carboxylic acids is 2. The summed E-state index contributed by atoms with van der Waals surface area (Å²) in [6, 6.07) is 20.3. The van der Waals surface area contributed by atoms with Gasteiger partial charge in [0, 0.05) is 12.0 Å². The fraction of sp³-hybridized carbons (Fsp3) is 0.174. The zero-order chi connectivity index (χ0) is 20.8. The maximum atomic E-state index is 12.7. The Balaban J connectivity index is 1.83. The molecule has 2 atom stereocenters. The average Bonchev–Trinajstić information content (AvgIpc) is 2.73. The highest BCUT2D eigenvalue weighted by Crippen LogP contribution is 2.17. The number of aliphatic carboxylic acids is 1. The van der Waals surface area contributed by atoms with Crippen molar-refractivity contribution in [3.63, 3.8) is 0 Å². The molecule has 0 aromatic heterocycles. The minimum Gasteiger partial charge on any atom is -0.480 e. The van der Waals surface area contributed by atoms with Crippen LogP contribution in [0.15, 0.2) is 72.8 Å². The molecule has 29 heavy (non-hydrogen) atoms. The molecule has 0 saturated heterocycles. The van der Waals surface area contributed by atoms with E-state index in [0.29, 0.717) is 5.56 Å². The second-order valence-corrected chi connectivity index (χ2v) is 6.85. The maximum Gasteiger partial charge on any atom is 0.325 e. The summed E-state index contributed by atoms with van der Waals surface area (Å²) in [6.45, 7) is 1.38. The van der Waals surface area contributed by atoms with E-state index < -0.39 is 29.9 Å². The molecule has 0 saturated carbocycles. The number of benzene rings is 3. The summed E-state index contributed by atoms with van der Waals surface area (Å²) in [5.41, 5.74) is 1.29. The summed E-state index contributed by atoms with van der Waals surface area (Å²) in [5.74, 6) is -2.08. The lowest BCUT2D eigenvalue weighted by molar-refractivity contribution is -0.141. The lowest BCUT2D eigenvalue weighted by Crippen LogP contribution is -2.51. The van der Waals surface area contributed by atoms with Crippen LogP contribution in [-0.4, -0.2) is 35.0 Å². The van der Waals surface area contributed by atoms with Crippen molar-refractivity contribution >= 4 is 28.6 Å². The quantitative estimate of drug-likeness (QED) is 0.578. The van der Waals surface area contributed by atoms with Gasteiger partial charge in [-0.15, -0.1) is 0 Å². The summed E-state index contributed by atoms with van der Waals surface area (Å²) in [5, 5.41) is 16.3. The van der Waals surface area contributed by atoms with Crippen molar-refractivity contribution in [2.75, 3.05) is 0 Å². The van der Waals surface area contributed by atoms with Gasteiger partial charge in [0.2, 0.25) is 5.91 Å². The number of rotatable bonds is 7. The molecule has 0 bridgehead atoms. The normalized spacial score (nSPS) is 12.7. The van der Waals surface area contributed by atoms with Gasteiger partial charge in [0.05, 0.1) is 0 Å². The summed E-state index contributed by atoms with van der Waals surface area (Å²) in [7, 11) is 0. The predicted molar refractivity (Wildman–Crippen MR) is 111 cm³/mol. The molecule has 0 heterocycles. The van der Waals surface area contributed by atoms with Crippen LogP contribution in [0.1, 0.15) is 22.8 Å². The number of hydrogen-bond acceptors (Lipinski definition) is 3. The average molecular weight is 390 g/mol. The van der Waals surface area contributed by atoms with Crippen LogP contribution in [0.25, 0.3) is 10.8 Å². The van der Waals surface area contributed by atoms with E-state index in [1.165, 1.54) is 6.92 Å². The minimum absolute atomic E-state index is 0.238. The number of hydrogen-bond donors (Lipinski definition) is 3. The molecule has 3 rings (SSSR count). The molecule has 148 valence electrons. The topological polar surface area (TPSA) is 95.5 Å². The first-order chi connectivity index (χ1) is 13.9. The smallest absolute Gasteiger partial charge is 0.325 e. The van der Waals surface area contributed by atoms with Crippen LogP contribution in [0.5, 0.6) is 0 Å². The van der Waals surface area contributed by atoms with E-state index in [-0.39, 0.29) is 6.42 Å². The van der Waals surface area contributed by atoms with Crippen molar-refractivity contribution in [2.24, 2.45) is 0 Å². The van der Waals surface area contributed by atoms with Gasteiger partial charge in [-0.25, -0.2) is 0 Å². The van der Waals surface area contributed by atoms with Gasteiger partial charge in [-0.1, -0.05) is 60.7 Å². The first kappa shape index (κ1) is 20.1. The van der Waals surface area contributed by atoms with Crippen molar-refractivity contribution in [1.29, 1.82) is 0 Å². The zero-order valence-electron chi connectivity index (χ0n) is 16.0. The molecule has 3 aromatic carbocycles. The molecule has 2 unspecified atom stereocenters. The number of fused-ring (bicyclic) bond motifs is 1. The Labute approximate surface area is 168 Å². The van der Waals surface area contributed by atoms with E-state index in [9.17, 15) is 14.4 Å². The van der Waals surface area contributed by atoms with E-state index >= 15 is 0 Å². The SMILES string of the molecule is CC(NC(=O)C(Cc1ccc2ccccc2c1)NC(=O)c1ccccc1)C(=O)O. The molecule has 6 nitrogen and oxygen atoms in total. The van der Waals surface area contributed by atoms with Crippen LogP contribution >= 0.6 is 0 Å². The van der Waals surface area contributed by atoms with Crippen LogP contribution in [0.3, 0.4) is 0 Å². The predicted octanol–water partition coefficient (Wildman–Crippen LogP) is 2.77. The molecule has 2 amide bonds. The molecule has 3 N–H and O–H groups in total. The summed E-state index contributed by atoms with van der Waals surface area (Å²) >= 11 is 0. The lowest BCUT2D eigenvalue weighted by Gasteiger charge is -2.20. The Morgan fingerprint density at radius 3 is 2.21 bits per heavy atom. The molecule has 0 fully saturated rings. The van der Waals surface area contributed by atoms with Gasteiger partial charge in [0.15, 0.2) is 0 Å². The highest BCUT2D eigenvalue weighted by Gasteiger charge is 2.25. The van der Waals surface area contributed by atoms with E-state index in [1.807, 2.05) is 42.5 Å². The molecule has 0 spiro atoms. The van der Waals surface area contributed by atoms with E-state index in [0.717, 1.165) is 16.3 Å². The van der Waals surface area contributed by atoms with E-state index in [1.54, 1.807) is 30.3 Å². The number of carbonyl (C=O) groups is 3. The Morgan fingerprint density at radius 1 is 0.862 bits per heavy atom. The van der Waals surface area contributed by atoms with Gasteiger partial charge in [0.25, 0.3) is 5.91 Å². The van der Waals surface area contributed by atoms with Crippen LogP contribution < -0.4 is 10.6 Å². The van der Waals surface area contributed by atoms with Gasteiger partial charge in [-0.3, -0.25) is 14.4 Å². The van der Waals surface area contributed by atoms with Crippen LogP contribution in [0, 0.1) is 0 Å². The Hall–Kier alpha value is -3.67. The van der Waals surface area contributed by atoms with Crippen molar-refractivity contribution < 1.29 is 19.5 Å².